The number of nitrogens with zero attached hydrogens (tertiary/aromatic N) is 1. The summed E-state index contributed by atoms with van der Waals surface area (Å²) in [6, 6.07) is 13.5. The second kappa shape index (κ2) is 8.54. The van der Waals surface area contributed by atoms with Crippen molar-refractivity contribution >= 4 is 21.6 Å². The highest BCUT2D eigenvalue weighted by Gasteiger charge is 2.29. The molecular formula is C20H24N2O4S. The van der Waals surface area contributed by atoms with Gasteiger partial charge in [0.25, 0.3) is 5.91 Å². The zero-order valence-corrected chi connectivity index (χ0v) is 16.2. The molecule has 0 aliphatic carbocycles. The Bertz CT molecular complexity index is 891. The van der Waals surface area contributed by atoms with Gasteiger partial charge < -0.3 is 10.1 Å². The van der Waals surface area contributed by atoms with Gasteiger partial charge in [0.05, 0.1) is 6.61 Å². The Morgan fingerprint density at radius 3 is 2.44 bits per heavy atom. The van der Waals surface area contributed by atoms with Gasteiger partial charge in [0.15, 0.2) is 0 Å². The minimum Gasteiger partial charge on any atom is -0.492 e. The molecule has 1 saturated heterocycles. The molecule has 0 radical (unpaired) electrons. The Hall–Kier alpha value is -2.38. The van der Waals surface area contributed by atoms with Crippen molar-refractivity contribution in [2.75, 3.05) is 25.0 Å². The van der Waals surface area contributed by atoms with Gasteiger partial charge in [-0.25, -0.2) is 8.42 Å². The molecule has 3 rings (SSSR count). The number of hydrogen-bond acceptors (Lipinski definition) is 4. The lowest BCUT2D eigenvalue weighted by Gasteiger charge is -2.27. The van der Waals surface area contributed by atoms with Crippen LogP contribution in [0.3, 0.4) is 0 Å². The lowest BCUT2D eigenvalue weighted by molar-refractivity contribution is 0.102. The van der Waals surface area contributed by atoms with Crippen molar-refractivity contribution in [3.63, 3.8) is 0 Å². The van der Waals surface area contributed by atoms with E-state index in [4.69, 9.17) is 4.74 Å². The normalized spacial score (nSPS) is 15.3. The van der Waals surface area contributed by atoms with Crippen LogP contribution < -0.4 is 10.1 Å². The van der Waals surface area contributed by atoms with Gasteiger partial charge in [-0.1, -0.05) is 24.6 Å². The monoisotopic (exact) mass is 388 g/mol. The van der Waals surface area contributed by atoms with Crippen LogP contribution in [0, 0.1) is 0 Å². The van der Waals surface area contributed by atoms with Crippen LogP contribution in [0.5, 0.6) is 5.75 Å². The van der Waals surface area contributed by atoms with Gasteiger partial charge in [-0.2, -0.15) is 4.31 Å². The largest absolute Gasteiger partial charge is 0.492 e. The molecule has 27 heavy (non-hydrogen) atoms. The fraction of sp³-hybridized carbons (Fsp3) is 0.350. The van der Waals surface area contributed by atoms with E-state index in [1.165, 1.54) is 10.4 Å². The number of carbonyl (C=O) groups is 1. The summed E-state index contributed by atoms with van der Waals surface area (Å²) in [5.41, 5.74) is 0.926. The first-order valence-electron chi connectivity index (χ1n) is 9.16. The Labute approximate surface area is 160 Å². The van der Waals surface area contributed by atoms with E-state index >= 15 is 0 Å². The molecule has 0 spiro atoms. The molecule has 0 unspecified atom stereocenters. The molecule has 6 nitrogen and oxygen atoms in total. The lowest BCUT2D eigenvalue weighted by Crippen LogP contribution is -2.35. The average Bonchev–Trinajstić information content (AvgIpc) is 2.70. The highest BCUT2D eigenvalue weighted by molar-refractivity contribution is 7.89. The number of piperidine rings is 1. The molecule has 2 aromatic carbocycles. The van der Waals surface area contributed by atoms with E-state index in [1.54, 1.807) is 36.4 Å². The summed E-state index contributed by atoms with van der Waals surface area (Å²) in [6.07, 6.45) is 2.75. The highest BCUT2D eigenvalue weighted by atomic mass is 32.2. The molecule has 1 fully saturated rings. The van der Waals surface area contributed by atoms with Gasteiger partial charge in [0, 0.05) is 24.3 Å². The molecule has 1 aliphatic rings. The molecule has 0 bridgehead atoms. The molecule has 7 heteroatoms. The van der Waals surface area contributed by atoms with E-state index in [0.29, 0.717) is 36.7 Å². The third kappa shape index (κ3) is 4.48. The van der Waals surface area contributed by atoms with Crippen LogP contribution in [0.4, 0.5) is 5.69 Å². The maximum atomic E-state index is 13.1. The van der Waals surface area contributed by atoms with Crippen LogP contribution in [-0.4, -0.2) is 38.3 Å². The molecule has 2 aromatic rings. The summed E-state index contributed by atoms with van der Waals surface area (Å²) in [5.74, 6) is 0.0156. The summed E-state index contributed by atoms with van der Waals surface area (Å²) in [5, 5.41) is 2.77. The number of nitrogens with one attached hydrogen (secondary N) is 1. The SMILES string of the molecule is CCOc1ccc(NC(=O)c2ccccc2)cc1S(=O)(=O)N1CCCCC1. The second-order valence-corrected chi connectivity index (χ2v) is 8.29. The fourth-order valence-electron chi connectivity index (χ4n) is 3.10. The predicted octanol–water partition coefficient (Wildman–Crippen LogP) is 3.51. The van der Waals surface area contributed by atoms with Crippen molar-refractivity contribution in [3.8, 4) is 5.75 Å². The first kappa shape index (κ1) is 19.4. The highest BCUT2D eigenvalue weighted by Crippen LogP contribution is 2.31. The quantitative estimate of drug-likeness (QED) is 0.822. The van der Waals surface area contributed by atoms with Gasteiger partial charge in [-0.05, 0) is 50.1 Å². The molecule has 1 heterocycles. The lowest BCUT2D eigenvalue weighted by atomic mass is 10.2. The molecule has 1 aliphatic heterocycles. The number of sulfonamides is 1. The first-order valence-corrected chi connectivity index (χ1v) is 10.6. The number of benzene rings is 2. The standard InChI is InChI=1S/C20H24N2O4S/c1-2-26-18-12-11-17(21-20(23)16-9-5-3-6-10-16)15-19(18)27(24,25)22-13-7-4-8-14-22/h3,5-6,9-12,15H,2,4,7-8,13-14H2,1H3,(H,21,23). The Kier molecular flexibility index (Phi) is 6.13. The average molecular weight is 388 g/mol. The van der Waals surface area contributed by atoms with E-state index in [-0.39, 0.29) is 10.8 Å². The van der Waals surface area contributed by atoms with Crippen molar-refractivity contribution < 1.29 is 17.9 Å². The maximum absolute atomic E-state index is 13.1. The van der Waals surface area contributed by atoms with Crippen LogP contribution in [0.1, 0.15) is 36.5 Å². The van der Waals surface area contributed by atoms with Gasteiger partial charge in [0.2, 0.25) is 10.0 Å². The third-order valence-corrected chi connectivity index (χ3v) is 6.39. The van der Waals surface area contributed by atoms with Crippen molar-refractivity contribution in [1.29, 1.82) is 0 Å². The predicted molar refractivity (Wildman–Crippen MR) is 105 cm³/mol. The minimum atomic E-state index is -3.68. The number of anilines is 1. The van der Waals surface area contributed by atoms with Crippen molar-refractivity contribution in [2.45, 2.75) is 31.1 Å². The molecule has 0 aromatic heterocycles. The van der Waals surface area contributed by atoms with Crippen LogP contribution in [-0.2, 0) is 10.0 Å². The zero-order chi connectivity index (χ0) is 19.3. The molecule has 1 N–H and O–H groups in total. The number of carbonyl (C=O) groups excluding carboxylic acids is 1. The number of ether oxygens (including phenoxy) is 1. The third-order valence-electron chi connectivity index (χ3n) is 4.47. The van der Waals surface area contributed by atoms with E-state index in [2.05, 4.69) is 5.32 Å². The Morgan fingerprint density at radius 2 is 1.78 bits per heavy atom. The van der Waals surface area contributed by atoms with E-state index in [0.717, 1.165) is 19.3 Å². The summed E-state index contributed by atoms with van der Waals surface area (Å²) < 4.78 is 33.3. The Morgan fingerprint density at radius 1 is 1.07 bits per heavy atom. The van der Waals surface area contributed by atoms with Crippen LogP contribution in [0.2, 0.25) is 0 Å². The maximum Gasteiger partial charge on any atom is 0.255 e. The number of rotatable bonds is 6. The molecule has 0 saturated carbocycles. The summed E-state index contributed by atoms with van der Waals surface area (Å²) >= 11 is 0. The first-order chi connectivity index (χ1) is 13.0. The van der Waals surface area contributed by atoms with Crippen LogP contribution in [0.15, 0.2) is 53.4 Å². The summed E-state index contributed by atoms with van der Waals surface area (Å²) in [7, 11) is -3.68. The minimum absolute atomic E-state index is 0.0945. The van der Waals surface area contributed by atoms with Gasteiger partial charge in [-0.3, -0.25) is 4.79 Å². The fourth-order valence-corrected chi connectivity index (χ4v) is 4.77. The van der Waals surface area contributed by atoms with E-state index in [1.807, 2.05) is 13.0 Å². The topological polar surface area (TPSA) is 75.7 Å². The molecule has 0 atom stereocenters. The summed E-state index contributed by atoms with van der Waals surface area (Å²) in [4.78, 5) is 12.5. The van der Waals surface area contributed by atoms with Crippen LogP contribution >= 0.6 is 0 Å². The molecular weight excluding hydrogens is 364 g/mol. The Balaban J connectivity index is 1.92. The summed E-state index contributed by atoms with van der Waals surface area (Å²) in [6.45, 7) is 3.18. The van der Waals surface area contributed by atoms with E-state index in [9.17, 15) is 13.2 Å². The second-order valence-electron chi connectivity index (χ2n) is 6.38. The zero-order valence-electron chi connectivity index (χ0n) is 15.3. The number of amides is 1. The van der Waals surface area contributed by atoms with Gasteiger partial charge in [0.1, 0.15) is 10.6 Å². The van der Waals surface area contributed by atoms with Gasteiger partial charge >= 0.3 is 0 Å². The smallest absolute Gasteiger partial charge is 0.255 e. The van der Waals surface area contributed by atoms with E-state index < -0.39 is 10.0 Å². The van der Waals surface area contributed by atoms with Crippen LogP contribution in [0.25, 0.3) is 0 Å². The molecule has 144 valence electrons. The van der Waals surface area contributed by atoms with Crippen molar-refractivity contribution in [1.82, 2.24) is 4.31 Å². The molecule has 1 amide bonds. The van der Waals surface area contributed by atoms with Crippen molar-refractivity contribution in [2.24, 2.45) is 0 Å². The van der Waals surface area contributed by atoms with Crippen molar-refractivity contribution in [3.05, 3.63) is 54.1 Å². The van der Waals surface area contributed by atoms with Gasteiger partial charge in [-0.15, -0.1) is 0 Å². The number of hydrogen-bond donors (Lipinski definition) is 1.